The molecule has 138 valence electrons. The van der Waals surface area contributed by atoms with Gasteiger partial charge in [-0.15, -0.1) is 0 Å². The number of nitrogens with zero attached hydrogens (tertiary/aromatic N) is 3. The van der Waals surface area contributed by atoms with Crippen LogP contribution >= 0.6 is 11.6 Å². The van der Waals surface area contributed by atoms with Crippen LogP contribution in [0, 0.1) is 6.92 Å². The van der Waals surface area contributed by atoms with Crippen molar-refractivity contribution in [2.24, 2.45) is 0 Å². The van der Waals surface area contributed by atoms with Gasteiger partial charge in [0.05, 0.1) is 6.20 Å². The van der Waals surface area contributed by atoms with E-state index in [2.05, 4.69) is 9.97 Å². The number of pyridine rings is 1. The van der Waals surface area contributed by atoms with Crippen LogP contribution in [0.1, 0.15) is 52.3 Å². The highest BCUT2D eigenvalue weighted by atomic mass is 35.5. The number of oxazole rings is 1. The Morgan fingerprint density at radius 2 is 2.11 bits per heavy atom. The van der Waals surface area contributed by atoms with Crippen molar-refractivity contribution in [3.05, 3.63) is 82.3 Å². The summed E-state index contributed by atoms with van der Waals surface area (Å²) in [5.74, 6) is 1.24. The summed E-state index contributed by atoms with van der Waals surface area (Å²) < 4.78 is 5.98. The smallest absolute Gasteiger partial charge is 0.273 e. The number of rotatable bonds is 4. The third kappa shape index (κ3) is 3.74. The van der Waals surface area contributed by atoms with Crippen molar-refractivity contribution in [2.75, 3.05) is 6.54 Å². The van der Waals surface area contributed by atoms with E-state index in [1.165, 1.54) is 0 Å². The number of benzene rings is 1. The summed E-state index contributed by atoms with van der Waals surface area (Å²) in [6.45, 7) is 2.56. The maximum absolute atomic E-state index is 12.9. The zero-order valence-electron chi connectivity index (χ0n) is 15.1. The first-order valence-corrected chi connectivity index (χ1v) is 9.42. The molecule has 3 aromatic rings. The standard InChI is InChI=1S/C21H20ClN3O2/c1-14-6-4-9-18(24-14)21(26)25-11-5-10-19(25)20-23-13-16(27-20)12-15-7-2-3-8-17(15)22/h2-4,6-9,13,19H,5,10-12H2,1H3. The molecule has 1 saturated heterocycles. The van der Waals surface area contributed by atoms with E-state index in [1.54, 1.807) is 12.3 Å². The van der Waals surface area contributed by atoms with Crippen molar-refractivity contribution in [3.63, 3.8) is 0 Å². The van der Waals surface area contributed by atoms with Gasteiger partial charge in [-0.2, -0.15) is 0 Å². The number of aryl methyl sites for hydroxylation is 1. The van der Waals surface area contributed by atoms with Crippen LogP contribution < -0.4 is 0 Å². The van der Waals surface area contributed by atoms with Gasteiger partial charge in [0.1, 0.15) is 17.5 Å². The third-order valence-electron chi connectivity index (χ3n) is 4.80. The molecular formula is C21H20ClN3O2. The first-order valence-electron chi connectivity index (χ1n) is 9.04. The summed E-state index contributed by atoms with van der Waals surface area (Å²) in [5.41, 5.74) is 2.28. The van der Waals surface area contributed by atoms with Gasteiger partial charge in [-0.1, -0.05) is 35.9 Å². The predicted molar refractivity (Wildman–Crippen MR) is 103 cm³/mol. The molecule has 2 aromatic heterocycles. The summed E-state index contributed by atoms with van der Waals surface area (Å²) in [5, 5.41) is 0.707. The SMILES string of the molecule is Cc1cccc(C(=O)N2CCCC2c2ncc(Cc3ccccc3Cl)o2)n1. The topological polar surface area (TPSA) is 59.2 Å². The van der Waals surface area contributed by atoms with Crippen molar-refractivity contribution >= 4 is 17.5 Å². The highest BCUT2D eigenvalue weighted by molar-refractivity contribution is 6.31. The van der Waals surface area contributed by atoms with Gasteiger partial charge in [0.2, 0.25) is 5.89 Å². The van der Waals surface area contributed by atoms with Gasteiger partial charge in [0.15, 0.2) is 0 Å². The molecule has 0 N–H and O–H groups in total. The largest absolute Gasteiger partial charge is 0.443 e. The molecule has 0 spiro atoms. The number of hydrogen-bond acceptors (Lipinski definition) is 4. The number of carbonyl (C=O) groups is 1. The molecule has 0 aliphatic carbocycles. The van der Waals surface area contributed by atoms with Crippen molar-refractivity contribution < 1.29 is 9.21 Å². The second-order valence-electron chi connectivity index (χ2n) is 6.75. The summed E-state index contributed by atoms with van der Waals surface area (Å²) in [4.78, 5) is 23.5. The lowest BCUT2D eigenvalue weighted by Gasteiger charge is -2.22. The summed E-state index contributed by atoms with van der Waals surface area (Å²) >= 11 is 6.23. The van der Waals surface area contributed by atoms with E-state index >= 15 is 0 Å². The molecule has 1 atom stereocenters. The Morgan fingerprint density at radius 3 is 2.93 bits per heavy atom. The van der Waals surface area contributed by atoms with Crippen LogP contribution in [0.3, 0.4) is 0 Å². The highest BCUT2D eigenvalue weighted by Gasteiger charge is 2.34. The van der Waals surface area contributed by atoms with E-state index in [4.69, 9.17) is 16.0 Å². The fourth-order valence-corrected chi connectivity index (χ4v) is 3.67. The van der Waals surface area contributed by atoms with Crippen LogP contribution in [0.2, 0.25) is 5.02 Å². The van der Waals surface area contributed by atoms with E-state index < -0.39 is 0 Å². The Bertz CT molecular complexity index is 969. The van der Waals surface area contributed by atoms with E-state index in [0.717, 1.165) is 29.9 Å². The first-order chi connectivity index (χ1) is 13.1. The molecule has 0 bridgehead atoms. The minimum atomic E-state index is -0.153. The lowest BCUT2D eigenvalue weighted by molar-refractivity contribution is 0.0708. The molecule has 27 heavy (non-hydrogen) atoms. The van der Waals surface area contributed by atoms with Gasteiger partial charge in [0, 0.05) is 23.7 Å². The van der Waals surface area contributed by atoms with E-state index in [1.807, 2.05) is 48.2 Å². The average Bonchev–Trinajstić information content (AvgIpc) is 3.32. The molecule has 3 heterocycles. The van der Waals surface area contributed by atoms with Gasteiger partial charge >= 0.3 is 0 Å². The summed E-state index contributed by atoms with van der Waals surface area (Å²) in [7, 11) is 0. The molecule has 1 fully saturated rings. The molecule has 1 amide bonds. The van der Waals surface area contributed by atoms with Crippen LogP contribution in [0.4, 0.5) is 0 Å². The number of aromatic nitrogens is 2. The zero-order valence-corrected chi connectivity index (χ0v) is 15.8. The lowest BCUT2D eigenvalue weighted by atomic mass is 10.1. The van der Waals surface area contributed by atoms with Gasteiger partial charge in [0.25, 0.3) is 5.91 Å². The van der Waals surface area contributed by atoms with Crippen LogP contribution in [-0.4, -0.2) is 27.3 Å². The number of halogens is 1. The van der Waals surface area contributed by atoms with E-state index in [-0.39, 0.29) is 11.9 Å². The highest BCUT2D eigenvalue weighted by Crippen LogP contribution is 2.33. The normalized spacial score (nSPS) is 16.7. The molecule has 1 unspecified atom stereocenters. The first kappa shape index (κ1) is 17.7. The molecule has 1 aromatic carbocycles. The van der Waals surface area contributed by atoms with Crippen molar-refractivity contribution in [1.82, 2.24) is 14.9 Å². The number of likely N-dealkylation sites (tertiary alicyclic amines) is 1. The van der Waals surface area contributed by atoms with Crippen LogP contribution in [0.5, 0.6) is 0 Å². The summed E-state index contributed by atoms with van der Waals surface area (Å²) in [6.07, 6.45) is 4.06. The van der Waals surface area contributed by atoms with Gasteiger partial charge in [-0.25, -0.2) is 9.97 Å². The van der Waals surface area contributed by atoms with Crippen LogP contribution in [0.25, 0.3) is 0 Å². The fraction of sp³-hybridized carbons (Fsp3) is 0.286. The van der Waals surface area contributed by atoms with E-state index in [0.29, 0.717) is 29.6 Å². The molecule has 6 heteroatoms. The molecule has 1 aliphatic heterocycles. The summed E-state index contributed by atoms with van der Waals surface area (Å²) in [6, 6.07) is 13.0. The van der Waals surface area contributed by atoms with Crippen LogP contribution in [-0.2, 0) is 6.42 Å². The molecule has 0 radical (unpaired) electrons. The predicted octanol–water partition coefficient (Wildman–Crippen LogP) is 4.60. The van der Waals surface area contributed by atoms with Gasteiger partial charge in [-0.3, -0.25) is 4.79 Å². The number of amides is 1. The molecule has 5 nitrogen and oxygen atoms in total. The second-order valence-corrected chi connectivity index (χ2v) is 7.16. The van der Waals surface area contributed by atoms with Crippen LogP contribution in [0.15, 0.2) is 53.1 Å². The quantitative estimate of drug-likeness (QED) is 0.662. The maximum Gasteiger partial charge on any atom is 0.273 e. The number of hydrogen-bond donors (Lipinski definition) is 0. The Labute approximate surface area is 163 Å². The second kappa shape index (κ2) is 7.53. The van der Waals surface area contributed by atoms with Crippen molar-refractivity contribution in [3.8, 4) is 0 Å². The van der Waals surface area contributed by atoms with E-state index in [9.17, 15) is 4.79 Å². The minimum absolute atomic E-state index is 0.0768. The Hall–Kier alpha value is -2.66. The van der Waals surface area contributed by atoms with Gasteiger partial charge in [-0.05, 0) is 43.5 Å². The monoisotopic (exact) mass is 381 g/mol. The fourth-order valence-electron chi connectivity index (χ4n) is 3.46. The molecule has 1 aliphatic rings. The Kier molecular flexibility index (Phi) is 4.94. The van der Waals surface area contributed by atoms with Gasteiger partial charge < -0.3 is 9.32 Å². The van der Waals surface area contributed by atoms with Crippen molar-refractivity contribution in [2.45, 2.75) is 32.2 Å². The maximum atomic E-state index is 12.9. The molecular weight excluding hydrogens is 362 g/mol. The number of carbonyl (C=O) groups excluding carboxylic acids is 1. The molecule has 4 rings (SSSR count). The van der Waals surface area contributed by atoms with Crippen molar-refractivity contribution in [1.29, 1.82) is 0 Å². The minimum Gasteiger partial charge on any atom is -0.443 e. The molecule has 0 saturated carbocycles. The average molecular weight is 382 g/mol. The Morgan fingerprint density at radius 1 is 1.26 bits per heavy atom. The Balaban J connectivity index is 1.53. The zero-order chi connectivity index (χ0) is 18.8. The lowest BCUT2D eigenvalue weighted by Crippen LogP contribution is -2.31. The third-order valence-corrected chi connectivity index (χ3v) is 5.17.